The van der Waals surface area contributed by atoms with E-state index in [0.29, 0.717) is 23.8 Å². The molecule has 3 heterocycles. The van der Waals surface area contributed by atoms with Gasteiger partial charge in [0.1, 0.15) is 12.1 Å². The number of fused-ring (bicyclic) bond motifs is 2. The molecule has 4 rings (SSSR count). The molecular formula is C17H25N5O. The Balaban J connectivity index is 1.74. The molecule has 0 bridgehead atoms. The van der Waals surface area contributed by atoms with E-state index in [-0.39, 0.29) is 5.41 Å². The lowest BCUT2D eigenvalue weighted by Gasteiger charge is -2.58. The van der Waals surface area contributed by atoms with Gasteiger partial charge in [0.2, 0.25) is 0 Å². The summed E-state index contributed by atoms with van der Waals surface area (Å²) in [5.74, 6) is 2.38. The number of nitrogens with zero attached hydrogens (tertiary/aromatic N) is 5. The molecule has 2 aromatic rings. The average Bonchev–Trinajstić information content (AvgIpc) is 3.13. The van der Waals surface area contributed by atoms with Crippen LogP contribution in [0.5, 0.6) is 0 Å². The molecule has 1 aliphatic heterocycles. The van der Waals surface area contributed by atoms with Crippen molar-refractivity contribution in [3.05, 3.63) is 18.1 Å². The van der Waals surface area contributed by atoms with Gasteiger partial charge in [0.05, 0.1) is 6.10 Å². The van der Waals surface area contributed by atoms with Crippen LogP contribution in [-0.2, 0) is 11.2 Å². The number of hydrogen-bond acceptors (Lipinski definition) is 5. The van der Waals surface area contributed by atoms with Gasteiger partial charge in [0.15, 0.2) is 0 Å². The van der Waals surface area contributed by atoms with Gasteiger partial charge in [-0.05, 0) is 12.8 Å². The molecule has 0 N–H and O–H groups in total. The van der Waals surface area contributed by atoms with Crippen LogP contribution >= 0.6 is 0 Å². The van der Waals surface area contributed by atoms with E-state index in [1.165, 1.54) is 0 Å². The van der Waals surface area contributed by atoms with Crippen molar-refractivity contribution in [3.63, 3.8) is 0 Å². The molecule has 2 aromatic heterocycles. The molecule has 23 heavy (non-hydrogen) atoms. The van der Waals surface area contributed by atoms with Crippen LogP contribution in [0.2, 0.25) is 0 Å². The fraction of sp³-hybridized carbons (Fsp3) is 0.706. The Morgan fingerprint density at radius 1 is 1.43 bits per heavy atom. The molecule has 3 unspecified atom stereocenters. The van der Waals surface area contributed by atoms with E-state index >= 15 is 0 Å². The molecule has 6 nitrogen and oxygen atoms in total. The van der Waals surface area contributed by atoms with Gasteiger partial charge in [-0.15, -0.1) is 0 Å². The maximum atomic E-state index is 5.94. The molecule has 3 atom stereocenters. The Hall–Kier alpha value is -1.69. The first-order valence-electron chi connectivity index (χ1n) is 8.58. The first-order valence-corrected chi connectivity index (χ1v) is 8.58. The zero-order chi connectivity index (χ0) is 16.2. The van der Waals surface area contributed by atoms with Gasteiger partial charge >= 0.3 is 0 Å². The van der Waals surface area contributed by atoms with Gasteiger partial charge < -0.3 is 9.64 Å². The number of rotatable bonds is 4. The smallest absolute Gasteiger partial charge is 0.254 e. The van der Waals surface area contributed by atoms with Gasteiger partial charge in [0.25, 0.3) is 5.78 Å². The quantitative estimate of drug-likeness (QED) is 0.867. The maximum Gasteiger partial charge on any atom is 0.254 e. The van der Waals surface area contributed by atoms with Crippen LogP contribution in [0.25, 0.3) is 5.78 Å². The summed E-state index contributed by atoms with van der Waals surface area (Å²) < 4.78 is 7.80. The van der Waals surface area contributed by atoms with Gasteiger partial charge in [0, 0.05) is 42.8 Å². The molecule has 6 heteroatoms. The van der Waals surface area contributed by atoms with Gasteiger partial charge in [-0.3, -0.25) is 0 Å². The second-order valence-corrected chi connectivity index (χ2v) is 7.45. The molecule has 2 fully saturated rings. The Morgan fingerprint density at radius 2 is 2.26 bits per heavy atom. The summed E-state index contributed by atoms with van der Waals surface area (Å²) in [5, 5.41) is 4.39. The summed E-state index contributed by atoms with van der Waals surface area (Å²) in [6.07, 6.45) is 5.17. The molecule has 0 spiro atoms. The van der Waals surface area contributed by atoms with E-state index in [4.69, 9.17) is 4.74 Å². The van der Waals surface area contributed by atoms with Gasteiger partial charge in [-0.2, -0.15) is 14.6 Å². The van der Waals surface area contributed by atoms with E-state index in [1.54, 1.807) is 6.33 Å². The van der Waals surface area contributed by atoms with E-state index < -0.39 is 0 Å². The highest BCUT2D eigenvalue weighted by atomic mass is 16.5. The zero-order valence-electron chi connectivity index (χ0n) is 14.4. The summed E-state index contributed by atoms with van der Waals surface area (Å²) in [4.78, 5) is 11.3. The highest BCUT2D eigenvalue weighted by Gasteiger charge is 2.61. The average molecular weight is 315 g/mol. The number of anilines is 1. The van der Waals surface area contributed by atoms with Crippen molar-refractivity contribution in [1.82, 2.24) is 19.6 Å². The lowest BCUT2D eigenvalue weighted by Crippen LogP contribution is -2.66. The Morgan fingerprint density at radius 3 is 3.04 bits per heavy atom. The third-order valence-electron chi connectivity index (χ3n) is 5.61. The van der Waals surface area contributed by atoms with E-state index in [2.05, 4.69) is 53.9 Å². The lowest BCUT2D eigenvalue weighted by molar-refractivity contribution is -0.101. The van der Waals surface area contributed by atoms with Crippen molar-refractivity contribution >= 4 is 11.6 Å². The zero-order valence-corrected chi connectivity index (χ0v) is 14.4. The van der Waals surface area contributed by atoms with Crippen LogP contribution in [0.1, 0.15) is 39.3 Å². The maximum absolute atomic E-state index is 5.94. The number of hydrogen-bond donors (Lipinski definition) is 0. The van der Waals surface area contributed by atoms with E-state index in [1.807, 2.05) is 4.52 Å². The molecule has 1 aliphatic carbocycles. The number of aryl methyl sites for hydroxylation is 1. The molecule has 0 aromatic carbocycles. The second kappa shape index (κ2) is 5.16. The fourth-order valence-electron chi connectivity index (χ4n) is 4.71. The van der Waals surface area contributed by atoms with Crippen molar-refractivity contribution in [2.45, 2.75) is 52.2 Å². The minimum absolute atomic E-state index is 0.150. The summed E-state index contributed by atoms with van der Waals surface area (Å²) >= 11 is 0. The van der Waals surface area contributed by atoms with Crippen LogP contribution < -0.4 is 4.90 Å². The second-order valence-electron chi connectivity index (χ2n) is 7.45. The predicted octanol–water partition coefficient (Wildman–Crippen LogP) is 2.33. The summed E-state index contributed by atoms with van der Waals surface area (Å²) in [6.45, 7) is 7.69. The molecule has 2 aliphatic rings. The molecule has 0 radical (unpaired) electrons. The van der Waals surface area contributed by atoms with Crippen LogP contribution in [0.15, 0.2) is 12.4 Å². The normalized spacial score (nSPS) is 28.6. The van der Waals surface area contributed by atoms with E-state index in [0.717, 1.165) is 37.4 Å². The van der Waals surface area contributed by atoms with E-state index in [9.17, 15) is 0 Å². The van der Waals surface area contributed by atoms with Crippen LogP contribution in [0, 0.1) is 11.3 Å². The van der Waals surface area contributed by atoms with Crippen molar-refractivity contribution in [1.29, 1.82) is 0 Å². The largest absolute Gasteiger partial charge is 0.377 e. The number of ether oxygens (including phenoxy) is 1. The first kappa shape index (κ1) is 14.9. The minimum atomic E-state index is 0.150. The molecule has 1 saturated carbocycles. The first-order chi connectivity index (χ1) is 11.0. The lowest BCUT2D eigenvalue weighted by atomic mass is 9.57. The highest BCUT2D eigenvalue weighted by Crippen LogP contribution is 2.54. The SMILES string of the molecule is CCCc1cc(N(C)C2C3CCOC3C2(C)C)n2ncnc2n1. The van der Waals surface area contributed by atoms with Crippen LogP contribution in [0.3, 0.4) is 0 Å². The Kier molecular flexibility index (Phi) is 3.34. The standard InChI is InChI=1S/C17H25N5O/c1-5-6-11-9-13(22-16(20-11)18-10-19-22)21(4)14-12-7-8-23-15(12)17(14,2)3/h9-10,12,14-15H,5-8H2,1-4H3. The summed E-state index contributed by atoms with van der Waals surface area (Å²) in [6, 6.07) is 2.63. The topological polar surface area (TPSA) is 55.6 Å². The fourth-order valence-corrected chi connectivity index (χ4v) is 4.71. The number of aromatic nitrogens is 4. The Labute approximate surface area is 136 Å². The summed E-state index contributed by atoms with van der Waals surface area (Å²) in [7, 11) is 2.17. The van der Waals surface area contributed by atoms with Crippen molar-refractivity contribution in [2.24, 2.45) is 11.3 Å². The van der Waals surface area contributed by atoms with Crippen LogP contribution in [-0.4, -0.2) is 45.4 Å². The monoisotopic (exact) mass is 315 g/mol. The molecular weight excluding hydrogens is 290 g/mol. The van der Waals surface area contributed by atoms with Crippen LogP contribution in [0.4, 0.5) is 5.82 Å². The summed E-state index contributed by atoms with van der Waals surface area (Å²) in [5.41, 5.74) is 1.24. The third-order valence-corrected chi connectivity index (χ3v) is 5.61. The van der Waals surface area contributed by atoms with Gasteiger partial charge in [-0.1, -0.05) is 27.2 Å². The highest BCUT2D eigenvalue weighted by molar-refractivity contribution is 5.49. The van der Waals surface area contributed by atoms with Crippen molar-refractivity contribution in [3.8, 4) is 0 Å². The predicted molar refractivity (Wildman–Crippen MR) is 88.6 cm³/mol. The molecule has 124 valence electrons. The Bertz CT molecular complexity index is 725. The van der Waals surface area contributed by atoms with Crippen molar-refractivity contribution in [2.75, 3.05) is 18.6 Å². The molecule has 0 amide bonds. The molecule has 1 saturated heterocycles. The van der Waals surface area contributed by atoms with Gasteiger partial charge in [-0.25, -0.2) is 4.98 Å². The third kappa shape index (κ3) is 2.07. The van der Waals surface area contributed by atoms with Crippen molar-refractivity contribution < 1.29 is 4.74 Å². The minimum Gasteiger partial charge on any atom is -0.377 e.